The van der Waals surface area contributed by atoms with E-state index in [1.165, 1.54) is 25.0 Å². The van der Waals surface area contributed by atoms with Crippen molar-refractivity contribution in [1.82, 2.24) is 0 Å². The maximum atomic E-state index is 4.84. The topological polar surface area (TPSA) is 12.4 Å². The molecule has 4 atom stereocenters. The van der Waals surface area contributed by atoms with Crippen LogP contribution in [0.4, 0.5) is 0 Å². The Balaban J connectivity index is 2.17. The van der Waals surface area contributed by atoms with E-state index >= 15 is 0 Å². The molecular formula is C14H25N. The quantitative estimate of drug-likeness (QED) is 0.578. The van der Waals surface area contributed by atoms with Crippen LogP contribution in [-0.4, -0.2) is 11.8 Å². The van der Waals surface area contributed by atoms with Crippen molar-refractivity contribution >= 4 is 5.71 Å². The highest BCUT2D eigenvalue weighted by Gasteiger charge is 2.53. The lowest BCUT2D eigenvalue weighted by molar-refractivity contribution is -0.0414. The standard InChI is InChI=1S/C14H25N/c1-9(2)15-13-7-6-11-8-12(10(13)3)14(11,4)5/h10-13H,6-8H2,1-5H3/t10-,11+,12+,13-/m0/s1. The Bertz CT molecular complexity index is 273. The van der Waals surface area contributed by atoms with Crippen molar-refractivity contribution in [3.05, 3.63) is 0 Å². The van der Waals surface area contributed by atoms with Crippen molar-refractivity contribution < 1.29 is 0 Å². The zero-order chi connectivity index (χ0) is 11.2. The van der Waals surface area contributed by atoms with Gasteiger partial charge in [0, 0.05) is 5.71 Å². The summed E-state index contributed by atoms with van der Waals surface area (Å²) in [6.07, 6.45) is 4.18. The Labute approximate surface area is 94.4 Å². The third-order valence-electron chi connectivity index (χ3n) is 5.02. The number of hydrogen-bond acceptors (Lipinski definition) is 1. The van der Waals surface area contributed by atoms with Crippen LogP contribution in [0.25, 0.3) is 0 Å². The van der Waals surface area contributed by atoms with Gasteiger partial charge in [-0.15, -0.1) is 0 Å². The van der Waals surface area contributed by atoms with Crippen LogP contribution in [0.15, 0.2) is 4.99 Å². The maximum absolute atomic E-state index is 4.84. The first-order chi connectivity index (χ1) is 6.93. The molecule has 3 aliphatic rings. The van der Waals surface area contributed by atoms with Gasteiger partial charge in [-0.25, -0.2) is 0 Å². The van der Waals surface area contributed by atoms with Gasteiger partial charge in [-0.05, 0) is 56.3 Å². The van der Waals surface area contributed by atoms with Crippen LogP contribution in [0.5, 0.6) is 0 Å². The summed E-state index contributed by atoms with van der Waals surface area (Å²) in [4.78, 5) is 4.84. The minimum Gasteiger partial charge on any atom is -0.291 e. The molecular weight excluding hydrogens is 182 g/mol. The molecule has 0 aromatic heterocycles. The predicted molar refractivity (Wildman–Crippen MR) is 66.3 cm³/mol. The SMILES string of the molecule is CC(C)=N[C@H]1CC[C@@H]2C[C@H]([C@@H]1C)C2(C)C. The Hall–Kier alpha value is -0.330. The Morgan fingerprint density at radius 1 is 1.20 bits per heavy atom. The van der Waals surface area contributed by atoms with E-state index in [4.69, 9.17) is 4.99 Å². The molecule has 0 heterocycles. The van der Waals surface area contributed by atoms with Crippen LogP contribution in [-0.2, 0) is 0 Å². The van der Waals surface area contributed by atoms with Crippen molar-refractivity contribution in [2.45, 2.75) is 59.9 Å². The highest BCUT2D eigenvalue weighted by Crippen LogP contribution is 2.59. The molecule has 0 radical (unpaired) electrons. The van der Waals surface area contributed by atoms with Crippen LogP contribution < -0.4 is 0 Å². The molecule has 0 spiro atoms. The average molecular weight is 207 g/mol. The largest absolute Gasteiger partial charge is 0.291 e. The van der Waals surface area contributed by atoms with Crippen LogP contribution in [0, 0.1) is 23.2 Å². The summed E-state index contributed by atoms with van der Waals surface area (Å²) in [6, 6.07) is 0.603. The van der Waals surface area contributed by atoms with Gasteiger partial charge in [0.2, 0.25) is 0 Å². The summed E-state index contributed by atoms with van der Waals surface area (Å²) in [5.74, 6) is 2.68. The van der Waals surface area contributed by atoms with Crippen molar-refractivity contribution in [1.29, 1.82) is 0 Å². The van der Waals surface area contributed by atoms with Crippen molar-refractivity contribution in [3.63, 3.8) is 0 Å². The molecule has 15 heavy (non-hydrogen) atoms. The van der Waals surface area contributed by atoms with Gasteiger partial charge in [-0.1, -0.05) is 20.8 Å². The predicted octanol–water partition coefficient (Wildman–Crippen LogP) is 3.93. The average Bonchev–Trinajstić information content (AvgIpc) is 2.32. The van der Waals surface area contributed by atoms with Crippen LogP contribution in [0.3, 0.4) is 0 Å². The molecule has 1 heteroatoms. The third kappa shape index (κ3) is 1.74. The van der Waals surface area contributed by atoms with Gasteiger partial charge in [0.05, 0.1) is 6.04 Å². The molecule has 0 aromatic carbocycles. The molecule has 3 fully saturated rings. The first kappa shape index (κ1) is 11.2. The Morgan fingerprint density at radius 2 is 1.87 bits per heavy atom. The summed E-state index contributed by atoms with van der Waals surface area (Å²) in [5.41, 5.74) is 1.84. The molecule has 1 nitrogen and oxygen atoms in total. The molecule has 3 rings (SSSR count). The Kier molecular flexibility index (Phi) is 2.68. The maximum Gasteiger partial charge on any atom is 0.0527 e. The molecule has 0 aromatic rings. The smallest absolute Gasteiger partial charge is 0.0527 e. The normalized spacial score (nSPS) is 42.7. The second-order valence-electron chi connectivity index (χ2n) is 6.44. The first-order valence-corrected chi connectivity index (χ1v) is 6.44. The fourth-order valence-corrected chi connectivity index (χ4v) is 3.86. The van der Waals surface area contributed by atoms with Crippen LogP contribution in [0.1, 0.15) is 53.9 Å². The number of nitrogens with zero attached hydrogens (tertiary/aromatic N) is 1. The second kappa shape index (κ2) is 3.61. The van der Waals surface area contributed by atoms with Crippen molar-refractivity contribution in [2.75, 3.05) is 0 Å². The summed E-state index contributed by atoms with van der Waals surface area (Å²) in [5, 5.41) is 0. The lowest BCUT2D eigenvalue weighted by Crippen LogP contribution is -2.47. The van der Waals surface area contributed by atoms with Crippen LogP contribution >= 0.6 is 0 Å². The number of hydrogen-bond donors (Lipinski definition) is 0. The fraction of sp³-hybridized carbons (Fsp3) is 0.929. The molecule has 0 amide bonds. The van der Waals surface area contributed by atoms with Crippen LogP contribution in [0.2, 0.25) is 0 Å². The van der Waals surface area contributed by atoms with Gasteiger partial charge in [0.1, 0.15) is 0 Å². The minimum absolute atomic E-state index is 0.589. The molecule has 0 N–H and O–H groups in total. The molecule has 0 unspecified atom stereocenters. The number of rotatable bonds is 1. The minimum atomic E-state index is 0.589. The molecule has 2 bridgehead atoms. The monoisotopic (exact) mass is 207 g/mol. The zero-order valence-electron chi connectivity index (χ0n) is 10.9. The summed E-state index contributed by atoms with van der Waals surface area (Å²) < 4.78 is 0. The van der Waals surface area contributed by atoms with E-state index in [0.29, 0.717) is 11.5 Å². The third-order valence-corrected chi connectivity index (χ3v) is 5.02. The summed E-state index contributed by atoms with van der Waals surface area (Å²) in [6.45, 7) is 11.6. The summed E-state index contributed by atoms with van der Waals surface area (Å²) in [7, 11) is 0. The summed E-state index contributed by atoms with van der Waals surface area (Å²) >= 11 is 0. The molecule has 0 aliphatic heterocycles. The fourth-order valence-electron chi connectivity index (χ4n) is 3.86. The number of fused-ring (bicyclic) bond motifs is 3. The lowest BCUT2D eigenvalue weighted by atomic mass is 9.52. The van der Waals surface area contributed by atoms with Gasteiger partial charge in [0.15, 0.2) is 0 Å². The number of aliphatic imine (C=N–C) groups is 1. The van der Waals surface area contributed by atoms with Gasteiger partial charge in [-0.3, -0.25) is 4.99 Å². The van der Waals surface area contributed by atoms with Gasteiger partial charge in [-0.2, -0.15) is 0 Å². The van der Waals surface area contributed by atoms with E-state index in [0.717, 1.165) is 17.8 Å². The highest BCUT2D eigenvalue weighted by atomic mass is 14.8. The van der Waals surface area contributed by atoms with E-state index in [1.807, 2.05) is 0 Å². The van der Waals surface area contributed by atoms with Crippen molar-refractivity contribution in [2.24, 2.45) is 28.2 Å². The van der Waals surface area contributed by atoms with E-state index in [2.05, 4.69) is 34.6 Å². The van der Waals surface area contributed by atoms with Gasteiger partial charge in [0.25, 0.3) is 0 Å². The highest BCUT2D eigenvalue weighted by molar-refractivity contribution is 5.79. The molecule has 3 saturated carbocycles. The van der Waals surface area contributed by atoms with E-state index in [-0.39, 0.29) is 0 Å². The molecule has 86 valence electrons. The first-order valence-electron chi connectivity index (χ1n) is 6.44. The molecule has 3 aliphatic carbocycles. The van der Waals surface area contributed by atoms with E-state index in [9.17, 15) is 0 Å². The van der Waals surface area contributed by atoms with E-state index < -0.39 is 0 Å². The second-order valence-corrected chi connectivity index (χ2v) is 6.44. The molecule has 0 saturated heterocycles. The lowest BCUT2D eigenvalue weighted by Gasteiger charge is -2.53. The van der Waals surface area contributed by atoms with E-state index in [1.54, 1.807) is 0 Å². The van der Waals surface area contributed by atoms with Crippen molar-refractivity contribution in [3.8, 4) is 0 Å². The Morgan fingerprint density at radius 3 is 2.40 bits per heavy atom. The van der Waals surface area contributed by atoms with Gasteiger partial charge < -0.3 is 0 Å². The zero-order valence-corrected chi connectivity index (χ0v) is 10.9. The van der Waals surface area contributed by atoms with Gasteiger partial charge >= 0.3 is 0 Å².